The van der Waals surface area contributed by atoms with Crippen LogP contribution in [0, 0.1) is 5.82 Å². The van der Waals surface area contributed by atoms with E-state index in [0.29, 0.717) is 11.4 Å². The van der Waals surface area contributed by atoms with Crippen molar-refractivity contribution in [1.82, 2.24) is 5.32 Å². The van der Waals surface area contributed by atoms with Crippen molar-refractivity contribution in [1.29, 1.82) is 0 Å². The molecule has 3 N–H and O–H groups in total. The predicted octanol–water partition coefficient (Wildman–Crippen LogP) is 2.89. The Bertz CT molecular complexity index is 876. The second kappa shape index (κ2) is 7.61. The highest BCUT2D eigenvalue weighted by Gasteiger charge is 2.35. The number of aliphatic hydroxyl groups excluding tert-OH is 1. The topological polar surface area (TPSA) is 78.4 Å². The highest BCUT2D eigenvalue weighted by Crippen LogP contribution is 2.37. The molecule has 2 amide bonds. The fourth-order valence-electron chi connectivity index (χ4n) is 3.09. The Morgan fingerprint density at radius 1 is 1.15 bits per heavy atom. The molecule has 0 bridgehead atoms. The number of hydrogen-bond donors (Lipinski definition) is 3. The molecule has 1 aliphatic rings. The molecule has 2 unspecified atom stereocenters. The monoisotopic (exact) mass is 396 g/mol. The molecule has 0 saturated heterocycles. The van der Waals surface area contributed by atoms with Crippen LogP contribution in [0.15, 0.2) is 36.4 Å². The molecule has 26 heavy (non-hydrogen) atoms. The SMILES string of the molecule is O=C(Nc1ccc(Cl)c(F)c1)C(=O)NC1Cc2c(Cl)cccc2C1CO. The lowest BCUT2D eigenvalue weighted by Gasteiger charge is -2.19. The number of halogens is 3. The number of carbonyl (C=O) groups excluding carboxylic acids is 2. The zero-order chi connectivity index (χ0) is 18.8. The Kier molecular flexibility index (Phi) is 5.46. The molecule has 0 radical (unpaired) electrons. The number of fused-ring (bicyclic) bond motifs is 1. The smallest absolute Gasteiger partial charge is 0.313 e. The molecule has 0 fully saturated rings. The van der Waals surface area contributed by atoms with Gasteiger partial charge in [-0.1, -0.05) is 35.3 Å². The Labute approximate surface area is 159 Å². The molecule has 0 saturated carbocycles. The van der Waals surface area contributed by atoms with Gasteiger partial charge in [-0.05, 0) is 41.8 Å². The zero-order valence-corrected chi connectivity index (χ0v) is 14.9. The number of nitrogens with one attached hydrogen (secondary N) is 2. The number of anilines is 1. The summed E-state index contributed by atoms with van der Waals surface area (Å²) in [6.07, 6.45) is 0.412. The molecule has 0 aromatic heterocycles. The lowest BCUT2D eigenvalue weighted by molar-refractivity contribution is -0.136. The summed E-state index contributed by atoms with van der Waals surface area (Å²) in [4.78, 5) is 24.3. The zero-order valence-electron chi connectivity index (χ0n) is 13.4. The van der Waals surface area contributed by atoms with Crippen LogP contribution < -0.4 is 10.6 Å². The molecule has 0 spiro atoms. The van der Waals surface area contributed by atoms with Crippen molar-refractivity contribution in [2.75, 3.05) is 11.9 Å². The number of carbonyl (C=O) groups is 2. The van der Waals surface area contributed by atoms with Gasteiger partial charge in [-0.2, -0.15) is 0 Å². The number of amides is 2. The van der Waals surface area contributed by atoms with Crippen molar-refractivity contribution in [3.05, 3.63) is 63.4 Å². The van der Waals surface area contributed by atoms with Crippen molar-refractivity contribution in [3.63, 3.8) is 0 Å². The van der Waals surface area contributed by atoms with Crippen LogP contribution in [0.5, 0.6) is 0 Å². The van der Waals surface area contributed by atoms with Gasteiger partial charge in [0.15, 0.2) is 0 Å². The van der Waals surface area contributed by atoms with Crippen molar-refractivity contribution in [2.45, 2.75) is 18.4 Å². The molecule has 2 atom stereocenters. The minimum absolute atomic E-state index is 0.0844. The van der Waals surface area contributed by atoms with Gasteiger partial charge >= 0.3 is 11.8 Å². The summed E-state index contributed by atoms with van der Waals surface area (Å²) < 4.78 is 13.4. The highest BCUT2D eigenvalue weighted by atomic mass is 35.5. The van der Waals surface area contributed by atoms with Crippen molar-refractivity contribution < 1.29 is 19.1 Å². The molecule has 0 aliphatic heterocycles. The van der Waals surface area contributed by atoms with Gasteiger partial charge in [-0.15, -0.1) is 0 Å². The second-order valence-corrected chi connectivity index (χ2v) is 6.78. The van der Waals surface area contributed by atoms with Crippen LogP contribution in [0.25, 0.3) is 0 Å². The lowest BCUT2D eigenvalue weighted by atomic mass is 9.99. The molecule has 2 aromatic carbocycles. The first kappa shape index (κ1) is 18.6. The van der Waals surface area contributed by atoms with E-state index in [1.54, 1.807) is 12.1 Å². The van der Waals surface area contributed by atoms with Gasteiger partial charge in [0.25, 0.3) is 0 Å². The van der Waals surface area contributed by atoms with Crippen molar-refractivity contribution in [2.24, 2.45) is 0 Å². The largest absolute Gasteiger partial charge is 0.396 e. The number of benzene rings is 2. The third-order valence-electron chi connectivity index (χ3n) is 4.36. The first-order valence-electron chi connectivity index (χ1n) is 7.85. The maximum atomic E-state index is 13.4. The van der Waals surface area contributed by atoms with E-state index >= 15 is 0 Å². The van der Waals surface area contributed by atoms with E-state index in [0.717, 1.165) is 17.2 Å². The van der Waals surface area contributed by atoms with Gasteiger partial charge in [-0.3, -0.25) is 9.59 Å². The minimum atomic E-state index is -0.939. The fourth-order valence-corrected chi connectivity index (χ4v) is 3.47. The summed E-state index contributed by atoms with van der Waals surface area (Å²) >= 11 is 11.8. The maximum Gasteiger partial charge on any atom is 0.313 e. The normalized spacial score (nSPS) is 18.3. The summed E-state index contributed by atoms with van der Waals surface area (Å²) in [5.41, 5.74) is 1.81. The predicted molar refractivity (Wildman–Crippen MR) is 97.0 cm³/mol. The maximum absolute atomic E-state index is 13.4. The minimum Gasteiger partial charge on any atom is -0.396 e. The summed E-state index contributed by atoms with van der Waals surface area (Å²) in [7, 11) is 0. The van der Waals surface area contributed by atoms with E-state index in [4.69, 9.17) is 23.2 Å². The lowest BCUT2D eigenvalue weighted by Crippen LogP contribution is -2.44. The first-order valence-corrected chi connectivity index (χ1v) is 8.61. The molecule has 3 rings (SSSR count). The molecular weight excluding hydrogens is 382 g/mol. The van der Waals surface area contributed by atoms with E-state index in [1.807, 2.05) is 6.07 Å². The standard InChI is InChI=1S/C18H15Cl2FN2O3/c19-13-3-1-2-10-11(13)7-16(12(10)8-24)23-18(26)17(25)22-9-4-5-14(20)15(21)6-9/h1-6,12,16,24H,7-8H2,(H,22,25)(H,23,26). The van der Waals surface area contributed by atoms with E-state index in [-0.39, 0.29) is 23.2 Å². The third-order valence-corrected chi connectivity index (χ3v) is 5.02. The molecular formula is C18H15Cl2FN2O3. The van der Waals surface area contributed by atoms with Crippen LogP contribution in [-0.2, 0) is 16.0 Å². The molecule has 0 heterocycles. The molecule has 1 aliphatic carbocycles. The molecule has 8 heteroatoms. The van der Waals surface area contributed by atoms with Crippen LogP contribution in [0.2, 0.25) is 10.0 Å². The number of aliphatic hydroxyl groups is 1. The Morgan fingerprint density at radius 2 is 1.92 bits per heavy atom. The van der Waals surface area contributed by atoms with E-state index in [1.165, 1.54) is 12.1 Å². The molecule has 136 valence electrons. The fraction of sp³-hybridized carbons (Fsp3) is 0.222. The van der Waals surface area contributed by atoms with Crippen LogP contribution in [0.3, 0.4) is 0 Å². The van der Waals surface area contributed by atoms with Gasteiger partial charge in [0.1, 0.15) is 5.82 Å². The average Bonchev–Trinajstić information content (AvgIpc) is 2.96. The van der Waals surface area contributed by atoms with Gasteiger partial charge in [0, 0.05) is 22.7 Å². The average molecular weight is 397 g/mol. The van der Waals surface area contributed by atoms with E-state index in [9.17, 15) is 19.1 Å². The first-order chi connectivity index (χ1) is 12.4. The van der Waals surface area contributed by atoms with Crippen LogP contribution in [0.4, 0.5) is 10.1 Å². The van der Waals surface area contributed by atoms with Crippen LogP contribution in [0.1, 0.15) is 17.0 Å². The third kappa shape index (κ3) is 3.67. The van der Waals surface area contributed by atoms with Crippen LogP contribution >= 0.6 is 23.2 Å². The Morgan fingerprint density at radius 3 is 2.62 bits per heavy atom. The number of hydrogen-bond acceptors (Lipinski definition) is 3. The quantitative estimate of drug-likeness (QED) is 0.697. The Hall–Kier alpha value is -2.15. The van der Waals surface area contributed by atoms with Gasteiger partial charge in [0.2, 0.25) is 0 Å². The second-order valence-electron chi connectivity index (χ2n) is 5.96. The molecule has 2 aromatic rings. The van der Waals surface area contributed by atoms with E-state index < -0.39 is 23.7 Å². The van der Waals surface area contributed by atoms with Gasteiger partial charge in [0.05, 0.1) is 11.6 Å². The van der Waals surface area contributed by atoms with Crippen molar-refractivity contribution in [3.8, 4) is 0 Å². The highest BCUT2D eigenvalue weighted by molar-refractivity contribution is 6.39. The summed E-state index contributed by atoms with van der Waals surface area (Å²) in [5.74, 6) is -2.88. The summed E-state index contributed by atoms with van der Waals surface area (Å²) in [6, 6.07) is 8.58. The number of rotatable bonds is 3. The van der Waals surface area contributed by atoms with Gasteiger partial charge in [-0.25, -0.2) is 4.39 Å². The molecule has 5 nitrogen and oxygen atoms in total. The van der Waals surface area contributed by atoms with Gasteiger partial charge < -0.3 is 15.7 Å². The van der Waals surface area contributed by atoms with E-state index in [2.05, 4.69) is 10.6 Å². The summed E-state index contributed by atoms with van der Waals surface area (Å²) in [5, 5.41) is 15.1. The van der Waals surface area contributed by atoms with Crippen LogP contribution in [-0.4, -0.2) is 29.6 Å². The Balaban J connectivity index is 1.68. The van der Waals surface area contributed by atoms with Crippen molar-refractivity contribution >= 4 is 40.7 Å². The summed E-state index contributed by atoms with van der Waals surface area (Å²) in [6.45, 7) is -0.192.